The van der Waals surface area contributed by atoms with Crippen molar-refractivity contribution in [1.82, 2.24) is 20.2 Å². The Bertz CT molecular complexity index is 1030. The molecule has 1 aliphatic rings. The van der Waals surface area contributed by atoms with Crippen molar-refractivity contribution in [2.45, 2.75) is 38.9 Å². The lowest BCUT2D eigenvalue weighted by atomic mass is 10.0. The number of guanidine groups is 1. The van der Waals surface area contributed by atoms with Gasteiger partial charge in [-0.25, -0.2) is 9.98 Å². The van der Waals surface area contributed by atoms with E-state index in [2.05, 4.69) is 68.4 Å². The molecule has 7 heteroatoms. The molecule has 1 saturated heterocycles. The zero-order valence-corrected chi connectivity index (χ0v) is 19.6. The van der Waals surface area contributed by atoms with Crippen molar-refractivity contribution in [1.29, 1.82) is 0 Å². The molecule has 2 heterocycles. The van der Waals surface area contributed by atoms with Gasteiger partial charge in [0, 0.05) is 44.6 Å². The third kappa shape index (κ3) is 6.06. The van der Waals surface area contributed by atoms with Gasteiger partial charge in [-0.2, -0.15) is 0 Å². The van der Waals surface area contributed by atoms with E-state index in [1.807, 2.05) is 30.6 Å². The standard InChI is InChI=1S/C26H34N6O/c1-3-27-26(29-18-25-28-15-17-32(25)19-21-10-5-4-6-11-21)30-22-12-9-16-31(20-22)23-13-7-8-14-24(23)33-2/h4-8,10-11,13-15,17,22H,3,9,12,16,18-20H2,1-2H3,(H2,27,29,30). The van der Waals surface area contributed by atoms with Crippen molar-refractivity contribution in [3.05, 3.63) is 78.4 Å². The third-order valence-corrected chi connectivity index (χ3v) is 5.91. The topological polar surface area (TPSA) is 66.7 Å². The number of aromatic nitrogens is 2. The molecule has 1 fully saturated rings. The second-order valence-electron chi connectivity index (χ2n) is 8.25. The van der Waals surface area contributed by atoms with E-state index in [1.54, 1.807) is 7.11 Å². The van der Waals surface area contributed by atoms with Crippen LogP contribution in [-0.2, 0) is 13.1 Å². The summed E-state index contributed by atoms with van der Waals surface area (Å²) in [4.78, 5) is 11.8. The van der Waals surface area contributed by atoms with Crippen LogP contribution in [0.15, 0.2) is 72.0 Å². The average Bonchev–Trinajstić information content (AvgIpc) is 3.30. The molecule has 2 aromatic carbocycles. The predicted octanol–water partition coefficient (Wildman–Crippen LogP) is 3.66. The molecule has 4 rings (SSSR count). The molecule has 1 atom stereocenters. The van der Waals surface area contributed by atoms with Gasteiger partial charge in [0.15, 0.2) is 5.96 Å². The Balaban J connectivity index is 1.41. The van der Waals surface area contributed by atoms with E-state index >= 15 is 0 Å². The lowest BCUT2D eigenvalue weighted by molar-refractivity contribution is 0.408. The maximum absolute atomic E-state index is 5.58. The first-order valence-corrected chi connectivity index (χ1v) is 11.7. The zero-order chi connectivity index (χ0) is 22.9. The molecule has 1 aliphatic heterocycles. The first-order valence-electron chi connectivity index (χ1n) is 11.7. The number of anilines is 1. The van der Waals surface area contributed by atoms with Crippen LogP contribution < -0.4 is 20.3 Å². The number of ether oxygens (including phenoxy) is 1. The summed E-state index contributed by atoms with van der Waals surface area (Å²) in [6.45, 7) is 6.17. The molecule has 33 heavy (non-hydrogen) atoms. The fourth-order valence-corrected chi connectivity index (χ4v) is 4.28. The number of rotatable bonds is 8. The first-order chi connectivity index (χ1) is 16.3. The summed E-state index contributed by atoms with van der Waals surface area (Å²) in [7, 11) is 1.73. The molecular weight excluding hydrogens is 412 g/mol. The Morgan fingerprint density at radius 1 is 1.15 bits per heavy atom. The Kier molecular flexibility index (Phi) is 7.85. The van der Waals surface area contributed by atoms with Gasteiger partial charge in [-0.1, -0.05) is 42.5 Å². The first kappa shape index (κ1) is 22.7. The minimum absolute atomic E-state index is 0.311. The largest absolute Gasteiger partial charge is 0.495 e. The van der Waals surface area contributed by atoms with Gasteiger partial charge in [-0.15, -0.1) is 0 Å². The molecule has 7 nitrogen and oxygen atoms in total. The van der Waals surface area contributed by atoms with Crippen molar-refractivity contribution < 1.29 is 4.74 Å². The number of hydrogen-bond acceptors (Lipinski definition) is 4. The summed E-state index contributed by atoms with van der Waals surface area (Å²) < 4.78 is 7.74. The summed E-state index contributed by atoms with van der Waals surface area (Å²) in [5, 5.41) is 7.04. The second kappa shape index (κ2) is 11.4. The van der Waals surface area contributed by atoms with E-state index in [9.17, 15) is 0 Å². The number of methoxy groups -OCH3 is 1. The average molecular weight is 447 g/mol. The highest BCUT2D eigenvalue weighted by atomic mass is 16.5. The van der Waals surface area contributed by atoms with Crippen molar-refractivity contribution in [3.63, 3.8) is 0 Å². The molecular formula is C26H34N6O. The molecule has 0 spiro atoms. The van der Waals surface area contributed by atoms with E-state index in [1.165, 1.54) is 5.56 Å². The number of imidazole rings is 1. The molecule has 2 N–H and O–H groups in total. The lowest BCUT2D eigenvalue weighted by Gasteiger charge is -2.36. The van der Waals surface area contributed by atoms with Crippen LogP contribution in [-0.4, -0.2) is 48.3 Å². The van der Waals surface area contributed by atoms with E-state index in [4.69, 9.17) is 9.73 Å². The zero-order valence-electron chi connectivity index (χ0n) is 19.6. The van der Waals surface area contributed by atoms with E-state index in [-0.39, 0.29) is 0 Å². The van der Waals surface area contributed by atoms with Crippen molar-refractivity contribution in [2.24, 2.45) is 4.99 Å². The second-order valence-corrected chi connectivity index (χ2v) is 8.25. The van der Waals surface area contributed by atoms with E-state index < -0.39 is 0 Å². The number of nitrogens with one attached hydrogen (secondary N) is 2. The van der Waals surface area contributed by atoms with Crippen LogP contribution in [0.3, 0.4) is 0 Å². The van der Waals surface area contributed by atoms with Gasteiger partial charge in [0.2, 0.25) is 0 Å². The molecule has 0 aliphatic carbocycles. The fraction of sp³-hybridized carbons (Fsp3) is 0.385. The van der Waals surface area contributed by atoms with Crippen LogP contribution in [0.4, 0.5) is 5.69 Å². The van der Waals surface area contributed by atoms with Gasteiger partial charge < -0.3 is 24.8 Å². The van der Waals surface area contributed by atoms with Crippen LogP contribution in [0.25, 0.3) is 0 Å². The van der Waals surface area contributed by atoms with Crippen LogP contribution in [0.5, 0.6) is 5.75 Å². The highest BCUT2D eigenvalue weighted by molar-refractivity contribution is 5.80. The van der Waals surface area contributed by atoms with Gasteiger partial charge in [-0.3, -0.25) is 0 Å². The Labute approximate surface area is 196 Å². The van der Waals surface area contributed by atoms with Crippen molar-refractivity contribution >= 4 is 11.6 Å². The number of aliphatic imine (C=N–C) groups is 1. The molecule has 1 aromatic heterocycles. The monoisotopic (exact) mass is 446 g/mol. The molecule has 0 radical (unpaired) electrons. The molecule has 1 unspecified atom stereocenters. The molecule has 174 valence electrons. The highest BCUT2D eigenvalue weighted by Crippen LogP contribution is 2.29. The van der Waals surface area contributed by atoms with Crippen LogP contribution in [0.2, 0.25) is 0 Å². The summed E-state index contributed by atoms with van der Waals surface area (Å²) in [6, 6.07) is 19.0. The highest BCUT2D eigenvalue weighted by Gasteiger charge is 2.23. The number of hydrogen-bond donors (Lipinski definition) is 2. The predicted molar refractivity (Wildman–Crippen MR) is 134 cm³/mol. The third-order valence-electron chi connectivity index (χ3n) is 5.91. The van der Waals surface area contributed by atoms with E-state index in [0.29, 0.717) is 12.6 Å². The number of benzene rings is 2. The minimum atomic E-state index is 0.311. The summed E-state index contributed by atoms with van der Waals surface area (Å²) in [6.07, 6.45) is 6.10. The number of nitrogens with zero attached hydrogens (tertiary/aromatic N) is 4. The van der Waals surface area contributed by atoms with Gasteiger partial charge in [-0.05, 0) is 37.5 Å². The fourth-order valence-electron chi connectivity index (χ4n) is 4.28. The van der Waals surface area contributed by atoms with Crippen LogP contribution in [0.1, 0.15) is 31.2 Å². The normalized spacial score (nSPS) is 16.5. The molecule has 0 amide bonds. The molecule has 0 bridgehead atoms. The quantitative estimate of drug-likeness (QED) is 0.408. The maximum Gasteiger partial charge on any atom is 0.191 e. The maximum atomic E-state index is 5.58. The SMILES string of the molecule is CCNC(=NCc1nccn1Cc1ccccc1)NC1CCCN(c2ccccc2OC)C1. The minimum Gasteiger partial charge on any atom is -0.495 e. The summed E-state index contributed by atoms with van der Waals surface area (Å²) >= 11 is 0. The Morgan fingerprint density at radius 3 is 2.79 bits per heavy atom. The van der Waals surface area contributed by atoms with Gasteiger partial charge in [0.05, 0.1) is 12.8 Å². The molecule has 0 saturated carbocycles. The van der Waals surface area contributed by atoms with Crippen molar-refractivity contribution in [3.8, 4) is 5.75 Å². The number of piperidine rings is 1. The van der Waals surface area contributed by atoms with Gasteiger partial charge >= 0.3 is 0 Å². The summed E-state index contributed by atoms with van der Waals surface area (Å²) in [5.74, 6) is 2.71. The Morgan fingerprint density at radius 2 is 1.97 bits per heavy atom. The van der Waals surface area contributed by atoms with Gasteiger partial charge in [0.1, 0.15) is 18.1 Å². The van der Waals surface area contributed by atoms with Crippen LogP contribution in [0, 0.1) is 0 Å². The van der Waals surface area contributed by atoms with Crippen LogP contribution >= 0.6 is 0 Å². The summed E-state index contributed by atoms with van der Waals surface area (Å²) in [5.41, 5.74) is 2.40. The Hall–Kier alpha value is -3.48. The lowest BCUT2D eigenvalue weighted by Crippen LogP contribution is -2.51. The van der Waals surface area contributed by atoms with E-state index in [0.717, 1.165) is 62.2 Å². The number of para-hydroxylation sites is 2. The smallest absolute Gasteiger partial charge is 0.191 e. The van der Waals surface area contributed by atoms with Gasteiger partial charge in [0.25, 0.3) is 0 Å². The van der Waals surface area contributed by atoms with Crippen molar-refractivity contribution in [2.75, 3.05) is 31.6 Å². The molecule has 3 aromatic rings.